The van der Waals surface area contributed by atoms with Gasteiger partial charge in [0.15, 0.2) is 0 Å². The number of aromatic nitrogens is 3. The van der Waals surface area contributed by atoms with E-state index in [0.29, 0.717) is 18.3 Å². The lowest BCUT2D eigenvalue weighted by Gasteiger charge is -2.33. The molecule has 1 aromatic carbocycles. The molecule has 4 rings (SSSR count). The highest BCUT2D eigenvalue weighted by Crippen LogP contribution is 2.17. The zero-order valence-corrected chi connectivity index (χ0v) is 15.4. The topological polar surface area (TPSA) is 67.5 Å². The molecule has 0 saturated carbocycles. The third kappa shape index (κ3) is 4.50. The molecule has 0 spiro atoms. The largest absolute Gasteiger partial charge is 0.497 e. The van der Waals surface area contributed by atoms with Crippen molar-refractivity contribution < 1.29 is 9.26 Å². The molecule has 0 N–H and O–H groups in total. The highest BCUT2D eigenvalue weighted by molar-refractivity contribution is 5.51. The Morgan fingerprint density at radius 2 is 1.85 bits per heavy atom. The molecule has 0 unspecified atom stereocenters. The van der Waals surface area contributed by atoms with Crippen LogP contribution in [0.1, 0.15) is 11.5 Å². The third-order valence-corrected chi connectivity index (χ3v) is 4.75. The Bertz CT molecular complexity index is 860. The van der Waals surface area contributed by atoms with Gasteiger partial charge in [-0.2, -0.15) is 4.98 Å². The van der Waals surface area contributed by atoms with Gasteiger partial charge in [0.2, 0.25) is 11.7 Å². The highest BCUT2D eigenvalue weighted by Gasteiger charge is 2.19. The van der Waals surface area contributed by atoms with E-state index in [1.54, 1.807) is 19.5 Å². The molecule has 27 heavy (non-hydrogen) atoms. The quantitative estimate of drug-likeness (QED) is 0.665. The second-order valence-corrected chi connectivity index (χ2v) is 6.66. The molecule has 0 aliphatic carbocycles. The second kappa shape index (κ2) is 8.28. The van der Waals surface area contributed by atoms with E-state index in [0.717, 1.165) is 44.0 Å². The summed E-state index contributed by atoms with van der Waals surface area (Å²) in [6.45, 7) is 5.61. The van der Waals surface area contributed by atoms with Crippen LogP contribution in [0.25, 0.3) is 11.4 Å². The number of hydrogen-bond acceptors (Lipinski definition) is 7. The van der Waals surface area contributed by atoms with Crippen molar-refractivity contribution in [2.24, 2.45) is 0 Å². The molecule has 0 radical (unpaired) electrons. The number of pyridine rings is 1. The van der Waals surface area contributed by atoms with Gasteiger partial charge in [-0.05, 0) is 29.8 Å². The fourth-order valence-corrected chi connectivity index (χ4v) is 3.26. The molecule has 1 saturated heterocycles. The van der Waals surface area contributed by atoms with Gasteiger partial charge in [-0.3, -0.25) is 14.8 Å². The average molecular weight is 365 g/mol. The van der Waals surface area contributed by atoms with Crippen molar-refractivity contribution in [3.63, 3.8) is 0 Å². The van der Waals surface area contributed by atoms with E-state index in [1.807, 2.05) is 24.3 Å². The van der Waals surface area contributed by atoms with Crippen LogP contribution in [0.15, 0.2) is 53.3 Å². The maximum absolute atomic E-state index is 5.41. The van der Waals surface area contributed by atoms with Crippen LogP contribution >= 0.6 is 0 Å². The van der Waals surface area contributed by atoms with Crippen molar-refractivity contribution >= 4 is 0 Å². The van der Waals surface area contributed by atoms with E-state index in [4.69, 9.17) is 9.26 Å². The molecule has 140 valence electrons. The number of hydrogen-bond donors (Lipinski definition) is 0. The molecule has 0 bridgehead atoms. The van der Waals surface area contributed by atoms with Crippen LogP contribution in [0.3, 0.4) is 0 Å². The van der Waals surface area contributed by atoms with Crippen molar-refractivity contribution in [1.82, 2.24) is 24.9 Å². The lowest BCUT2D eigenvalue weighted by Crippen LogP contribution is -2.45. The lowest BCUT2D eigenvalue weighted by molar-refractivity contribution is 0.112. The van der Waals surface area contributed by atoms with E-state index in [2.05, 4.69) is 37.1 Å². The molecule has 7 heteroatoms. The number of ether oxygens (including phenoxy) is 1. The van der Waals surface area contributed by atoms with Crippen molar-refractivity contribution in [3.05, 3.63) is 60.2 Å². The summed E-state index contributed by atoms with van der Waals surface area (Å²) in [5, 5.41) is 4.06. The first-order valence-electron chi connectivity index (χ1n) is 9.11. The Hall–Kier alpha value is -2.77. The predicted octanol–water partition coefficient (Wildman–Crippen LogP) is 2.46. The van der Waals surface area contributed by atoms with E-state index < -0.39 is 0 Å². The molecule has 2 aromatic heterocycles. The maximum atomic E-state index is 5.41. The van der Waals surface area contributed by atoms with Crippen LogP contribution in [0.2, 0.25) is 0 Å². The first kappa shape index (κ1) is 17.6. The lowest BCUT2D eigenvalue weighted by atomic mass is 10.2. The summed E-state index contributed by atoms with van der Waals surface area (Å²) < 4.78 is 10.7. The van der Waals surface area contributed by atoms with Gasteiger partial charge in [-0.15, -0.1) is 0 Å². The number of piperazine rings is 1. The summed E-state index contributed by atoms with van der Waals surface area (Å²) in [6.07, 6.45) is 3.47. The third-order valence-electron chi connectivity index (χ3n) is 4.75. The molecule has 7 nitrogen and oxygen atoms in total. The molecule has 0 amide bonds. The molecule has 3 aromatic rings. The van der Waals surface area contributed by atoms with E-state index in [-0.39, 0.29) is 0 Å². The Balaban J connectivity index is 1.29. The summed E-state index contributed by atoms with van der Waals surface area (Å²) in [7, 11) is 1.70. The fraction of sp³-hybridized carbons (Fsp3) is 0.350. The van der Waals surface area contributed by atoms with Crippen molar-refractivity contribution in [3.8, 4) is 17.1 Å². The Kier molecular flexibility index (Phi) is 5.41. The zero-order valence-electron chi connectivity index (χ0n) is 15.4. The monoisotopic (exact) mass is 365 g/mol. The van der Waals surface area contributed by atoms with Crippen molar-refractivity contribution in [2.75, 3.05) is 33.3 Å². The molecule has 3 heterocycles. The predicted molar refractivity (Wildman–Crippen MR) is 101 cm³/mol. The number of methoxy groups -OCH3 is 1. The van der Waals surface area contributed by atoms with Gasteiger partial charge in [0.05, 0.1) is 13.7 Å². The van der Waals surface area contributed by atoms with Gasteiger partial charge in [-0.25, -0.2) is 0 Å². The molecular weight excluding hydrogens is 342 g/mol. The van der Waals surface area contributed by atoms with Crippen LogP contribution in [0, 0.1) is 0 Å². The van der Waals surface area contributed by atoms with Crippen LogP contribution in [-0.4, -0.2) is 58.2 Å². The smallest absolute Gasteiger partial charge is 0.241 e. The summed E-state index contributed by atoms with van der Waals surface area (Å²) >= 11 is 0. The van der Waals surface area contributed by atoms with Crippen LogP contribution in [-0.2, 0) is 13.1 Å². The minimum atomic E-state index is 0.592. The van der Waals surface area contributed by atoms with Gasteiger partial charge >= 0.3 is 0 Å². The minimum absolute atomic E-state index is 0.592. The second-order valence-electron chi connectivity index (χ2n) is 6.66. The summed E-state index contributed by atoms with van der Waals surface area (Å²) in [5.41, 5.74) is 2.15. The Morgan fingerprint density at radius 1 is 1.04 bits per heavy atom. The molecule has 1 aliphatic heterocycles. The van der Waals surface area contributed by atoms with Crippen molar-refractivity contribution in [2.45, 2.75) is 13.1 Å². The molecule has 0 atom stereocenters. The zero-order chi connectivity index (χ0) is 18.5. The molecule has 1 fully saturated rings. The van der Waals surface area contributed by atoms with E-state index >= 15 is 0 Å². The normalized spacial score (nSPS) is 15.7. The maximum Gasteiger partial charge on any atom is 0.241 e. The standard InChI is InChI=1S/C20H23N5O2/c1-26-18-6-2-4-16(12-18)14-24-8-10-25(11-9-24)15-19-22-20(23-27-19)17-5-3-7-21-13-17/h2-7,12-13H,8-11,14-15H2,1H3. The minimum Gasteiger partial charge on any atom is -0.497 e. The fourth-order valence-electron chi connectivity index (χ4n) is 3.26. The number of rotatable bonds is 6. The summed E-state index contributed by atoms with van der Waals surface area (Å²) in [6, 6.07) is 12.1. The molecular formula is C20H23N5O2. The van der Waals surface area contributed by atoms with Gasteiger partial charge in [0.25, 0.3) is 0 Å². The van der Waals surface area contributed by atoms with Gasteiger partial charge in [0.1, 0.15) is 5.75 Å². The Morgan fingerprint density at radius 3 is 2.59 bits per heavy atom. The van der Waals surface area contributed by atoms with Gasteiger partial charge < -0.3 is 9.26 Å². The first-order valence-corrected chi connectivity index (χ1v) is 9.11. The number of nitrogens with zero attached hydrogens (tertiary/aromatic N) is 5. The first-order chi connectivity index (χ1) is 13.3. The highest BCUT2D eigenvalue weighted by atomic mass is 16.5. The van der Waals surface area contributed by atoms with E-state index in [9.17, 15) is 0 Å². The van der Waals surface area contributed by atoms with Gasteiger partial charge in [0, 0.05) is 50.7 Å². The SMILES string of the molecule is COc1cccc(CN2CCN(Cc3nc(-c4cccnc4)no3)CC2)c1. The summed E-state index contributed by atoms with van der Waals surface area (Å²) in [4.78, 5) is 13.4. The molecule has 1 aliphatic rings. The summed E-state index contributed by atoms with van der Waals surface area (Å²) in [5.74, 6) is 2.15. The van der Waals surface area contributed by atoms with Crippen LogP contribution in [0.5, 0.6) is 5.75 Å². The number of benzene rings is 1. The van der Waals surface area contributed by atoms with E-state index in [1.165, 1.54) is 5.56 Å². The van der Waals surface area contributed by atoms with Crippen molar-refractivity contribution in [1.29, 1.82) is 0 Å². The van der Waals surface area contributed by atoms with Crippen LogP contribution in [0.4, 0.5) is 0 Å². The van der Waals surface area contributed by atoms with Crippen LogP contribution < -0.4 is 4.74 Å². The Labute approximate surface area is 158 Å². The average Bonchev–Trinajstić information content (AvgIpc) is 3.19. The van der Waals surface area contributed by atoms with Gasteiger partial charge in [-0.1, -0.05) is 17.3 Å².